The van der Waals surface area contributed by atoms with Crippen molar-refractivity contribution in [1.29, 1.82) is 0 Å². The first kappa shape index (κ1) is 12.8. The highest BCUT2D eigenvalue weighted by molar-refractivity contribution is 4.69. The molecule has 0 fully saturated rings. The van der Waals surface area contributed by atoms with Crippen LogP contribution < -0.4 is 0 Å². The van der Waals surface area contributed by atoms with Gasteiger partial charge in [-0.2, -0.15) is 0 Å². The first-order chi connectivity index (χ1) is 5.86. The molecule has 0 atom stereocenters. The molecular formula is C10H20F2O. The van der Waals surface area contributed by atoms with Gasteiger partial charge in [-0.15, -0.1) is 0 Å². The van der Waals surface area contributed by atoms with Crippen molar-refractivity contribution in [3.63, 3.8) is 0 Å². The fourth-order valence-corrected chi connectivity index (χ4v) is 0.694. The number of alkyl halides is 2. The van der Waals surface area contributed by atoms with E-state index in [9.17, 15) is 8.78 Å². The average molecular weight is 194 g/mol. The van der Waals surface area contributed by atoms with E-state index in [1.807, 2.05) is 13.8 Å². The summed E-state index contributed by atoms with van der Waals surface area (Å²) in [6, 6.07) is 0. The maximum Gasteiger partial charge on any atom is 0.273 e. The highest BCUT2D eigenvalue weighted by Gasteiger charge is 2.33. The minimum absolute atomic E-state index is 0.431. The lowest BCUT2D eigenvalue weighted by atomic mass is 10.1. The molecule has 3 heteroatoms. The fraction of sp³-hybridized carbons (Fsp3) is 1.00. The summed E-state index contributed by atoms with van der Waals surface area (Å²) >= 11 is 0. The van der Waals surface area contributed by atoms with Gasteiger partial charge in [0.05, 0.1) is 0 Å². The summed E-state index contributed by atoms with van der Waals surface area (Å²) in [6.45, 7) is 7.09. The van der Waals surface area contributed by atoms with E-state index in [1.165, 1.54) is 13.8 Å². The summed E-state index contributed by atoms with van der Waals surface area (Å²) in [4.78, 5) is 0. The van der Waals surface area contributed by atoms with Crippen molar-refractivity contribution in [1.82, 2.24) is 0 Å². The van der Waals surface area contributed by atoms with Gasteiger partial charge in [-0.3, -0.25) is 0 Å². The second-order valence-electron chi connectivity index (χ2n) is 4.15. The van der Waals surface area contributed by atoms with Crippen molar-refractivity contribution < 1.29 is 13.5 Å². The van der Waals surface area contributed by atoms with Gasteiger partial charge in [0.15, 0.2) is 0 Å². The lowest BCUT2D eigenvalue weighted by molar-refractivity contribution is -0.109. The van der Waals surface area contributed by atoms with Gasteiger partial charge in [0.25, 0.3) is 5.92 Å². The van der Waals surface area contributed by atoms with Crippen LogP contribution in [0.3, 0.4) is 0 Å². The van der Waals surface area contributed by atoms with Crippen molar-refractivity contribution >= 4 is 0 Å². The predicted octanol–water partition coefficient (Wildman–Crippen LogP) is 3.34. The van der Waals surface area contributed by atoms with Gasteiger partial charge in [-0.25, -0.2) is 8.78 Å². The molecule has 0 saturated heterocycles. The van der Waals surface area contributed by atoms with Crippen LogP contribution in [-0.2, 0) is 4.74 Å². The second-order valence-corrected chi connectivity index (χ2v) is 4.15. The summed E-state index contributed by atoms with van der Waals surface area (Å²) in [5.74, 6) is -2.82. The molecule has 0 rings (SSSR count). The first-order valence-electron chi connectivity index (χ1n) is 4.82. The highest BCUT2D eigenvalue weighted by atomic mass is 19.3. The van der Waals surface area contributed by atoms with Crippen LogP contribution in [0.4, 0.5) is 8.78 Å². The molecule has 0 aromatic heterocycles. The summed E-state index contributed by atoms with van der Waals surface area (Å²) in [6.07, 6.45) is 0.841. The Morgan fingerprint density at radius 3 is 2.08 bits per heavy atom. The Balaban J connectivity index is 3.52. The zero-order chi connectivity index (χ0) is 10.5. The molecule has 0 bridgehead atoms. The molecule has 0 radical (unpaired) electrons. The van der Waals surface area contributed by atoms with E-state index in [0.29, 0.717) is 12.5 Å². The summed E-state index contributed by atoms with van der Waals surface area (Å²) in [7, 11) is 0. The molecule has 0 aliphatic rings. The van der Waals surface area contributed by atoms with Gasteiger partial charge in [0.2, 0.25) is 0 Å². The normalized spacial score (nSPS) is 12.9. The fourth-order valence-electron chi connectivity index (χ4n) is 0.694. The third-order valence-corrected chi connectivity index (χ3v) is 1.98. The van der Waals surface area contributed by atoms with Crippen molar-refractivity contribution in [2.45, 2.75) is 40.0 Å². The first-order valence-corrected chi connectivity index (χ1v) is 4.82. The molecule has 0 saturated carbocycles. The Morgan fingerprint density at radius 1 is 1.15 bits per heavy atom. The summed E-state index contributed by atoms with van der Waals surface area (Å²) in [5.41, 5.74) is 0. The van der Waals surface area contributed by atoms with Gasteiger partial charge in [0, 0.05) is 12.5 Å². The third kappa shape index (κ3) is 5.97. The molecule has 13 heavy (non-hydrogen) atoms. The van der Waals surface area contributed by atoms with Crippen LogP contribution >= 0.6 is 0 Å². The number of rotatable bonds is 6. The Morgan fingerprint density at radius 2 is 1.69 bits per heavy atom. The van der Waals surface area contributed by atoms with Crippen molar-refractivity contribution in [3.8, 4) is 0 Å². The van der Waals surface area contributed by atoms with Crippen LogP contribution in [-0.4, -0.2) is 19.1 Å². The molecule has 1 nitrogen and oxygen atoms in total. The topological polar surface area (TPSA) is 9.23 Å². The lowest BCUT2D eigenvalue weighted by Gasteiger charge is -2.20. The number of halogens is 2. The summed E-state index contributed by atoms with van der Waals surface area (Å²) in [5, 5.41) is 0. The predicted molar refractivity (Wildman–Crippen MR) is 50.1 cm³/mol. The third-order valence-electron chi connectivity index (χ3n) is 1.98. The van der Waals surface area contributed by atoms with E-state index in [-0.39, 0.29) is 0 Å². The molecule has 0 aromatic rings. The molecule has 0 heterocycles. The monoisotopic (exact) mass is 194 g/mol. The van der Waals surface area contributed by atoms with Crippen LogP contribution in [0.2, 0.25) is 0 Å². The zero-order valence-corrected chi connectivity index (χ0v) is 8.94. The smallest absolute Gasteiger partial charge is 0.273 e. The number of ether oxygens (including phenoxy) is 1. The van der Waals surface area contributed by atoms with E-state index in [0.717, 1.165) is 6.42 Å². The molecule has 0 N–H and O–H groups in total. The van der Waals surface area contributed by atoms with Crippen molar-refractivity contribution in [2.75, 3.05) is 13.2 Å². The van der Waals surface area contributed by atoms with Crippen LogP contribution in [0, 0.1) is 11.8 Å². The van der Waals surface area contributed by atoms with Gasteiger partial charge < -0.3 is 4.74 Å². The van der Waals surface area contributed by atoms with Crippen LogP contribution in [0.15, 0.2) is 0 Å². The highest BCUT2D eigenvalue weighted by Crippen LogP contribution is 2.24. The lowest BCUT2D eigenvalue weighted by Crippen LogP contribution is -2.30. The minimum atomic E-state index is -2.68. The number of hydrogen-bond acceptors (Lipinski definition) is 1. The van der Waals surface area contributed by atoms with Gasteiger partial charge >= 0.3 is 0 Å². The minimum Gasteiger partial charge on any atom is -0.375 e. The van der Waals surface area contributed by atoms with Gasteiger partial charge in [-0.1, -0.05) is 27.7 Å². The molecular weight excluding hydrogens is 174 g/mol. The van der Waals surface area contributed by atoms with E-state index >= 15 is 0 Å². The Labute approximate surface area is 79.5 Å². The molecule has 80 valence electrons. The standard InChI is InChI=1S/C10H20F2O/c1-8(2)5-6-13-7-10(11,12)9(3)4/h8-9H,5-7H2,1-4H3. The van der Waals surface area contributed by atoms with Crippen LogP contribution in [0.5, 0.6) is 0 Å². The molecule has 0 aliphatic carbocycles. The van der Waals surface area contributed by atoms with E-state index in [4.69, 9.17) is 4.74 Å². The molecule has 0 aliphatic heterocycles. The largest absolute Gasteiger partial charge is 0.375 e. The van der Waals surface area contributed by atoms with Crippen LogP contribution in [0.1, 0.15) is 34.1 Å². The van der Waals surface area contributed by atoms with E-state index in [2.05, 4.69) is 0 Å². The molecule has 0 spiro atoms. The number of hydrogen-bond donors (Lipinski definition) is 0. The Hall–Kier alpha value is -0.180. The van der Waals surface area contributed by atoms with Gasteiger partial charge in [-0.05, 0) is 12.3 Å². The average Bonchev–Trinajstić information content (AvgIpc) is 1.97. The van der Waals surface area contributed by atoms with E-state index in [1.54, 1.807) is 0 Å². The Bertz CT molecular complexity index is 133. The molecule has 0 aromatic carbocycles. The second kappa shape index (κ2) is 5.53. The van der Waals surface area contributed by atoms with Gasteiger partial charge in [0.1, 0.15) is 6.61 Å². The SMILES string of the molecule is CC(C)CCOCC(F)(F)C(C)C. The molecule has 0 unspecified atom stereocenters. The maximum atomic E-state index is 12.9. The maximum absolute atomic E-state index is 12.9. The van der Waals surface area contributed by atoms with Crippen molar-refractivity contribution in [2.24, 2.45) is 11.8 Å². The summed E-state index contributed by atoms with van der Waals surface area (Å²) < 4.78 is 30.8. The quantitative estimate of drug-likeness (QED) is 0.589. The zero-order valence-electron chi connectivity index (χ0n) is 8.94. The molecule has 0 amide bonds. The van der Waals surface area contributed by atoms with Crippen LogP contribution in [0.25, 0.3) is 0 Å². The van der Waals surface area contributed by atoms with Crippen molar-refractivity contribution in [3.05, 3.63) is 0 Å². The Kier molecular flexibility index (Phi) is 5.45. The van der Waals surface area contributed by atoms with E-state index < -0.39 is 18.4 Å².